The SMILES string of the molecule is Cl.Cl.Cl.NCCN.NCCN.NCCN. The fourth-order valence-electron chi connectivity index (χ4n) is 0. The van der Waals surface area contributed by atoms with E-state index in [2.05, 4.69) is 0 Å². The Labute approximate surface area is 111 Å². The van der Waals surface area contributed by atoms with Crippen LogP contribution in [0, 0.1) is 0 Å². The molecule has 0 atom stereocenters. The molecule has 6 nitrogen and oxygen atoms in total. The van der Waals surface area contributed by atoms with Gasteiger partial charge >= 0.3 is 0 Å². The van der Waals surface area contributed by atoms with Gasteiger partial charge in [0.05, 0.1) is 0 Å². The predicted octanol–water partition coefficient (Wildman–Crippen LogP) is -2.02. The Balaban J connectivity index is -0.0000000184. The maximum absolute atomic E-state index is 4.90. The van der Waals surface area contributed by atoms with Gasteiger partial charge in [0.15, 0.2) is 0 Å². The molecule has 0 aliphatic heterocycles. The molecule has 102 valence electrons. The van der Waals surface area contributed by atoms with Crippen LogP contribution in [0.1, 0.15) is 0 Å². The molecular weight excluding hydrogens is 262 g/mol. The van der Waals surface area contributed by atoms with Gasteiger partial charge in [-0.05, 0) is 0 Å². The minimum atomic E-state index is 0. The Kier molecular flexibility index (Phi) is 149. The molecule has 15 heavy (non-hydrogen) atoms. The van der Waals surface area contributed by atoms with Gasteiger partial charge in [-0.2, -0.15) is 0 Å². The molecule has 0 aromatic heterocycles. The van der Waals surface area contributed by atoms with Crippen LogP contribution in [-0.2, 0) is 0 Å². The molecule has 0 amide bonds. The van der Waals surface area contributed by atoms with Crippen LogP contribution in [0.3, 0.4) is 0 Å². The summed E-state index contributed by atoms with van der Waals surface area (Å²) in [4.78, 5) is 0. The molecular formula is C6H27Cl3N6. The molecule has 0 saturated carbocycles. The highest BCUT2D eigenvalue weighted by atomic mass is 35.5. The standard InChI is InChI=1S/3C2H8N2.3ClH/c3*3-1-2-4;;;/h3*1-4H2;3*1H. The second-order valence-corrected chi connectivity index (χ2v) is 1.73. The number of halogens is 3. The van der Waals surface area contributed by atoms with Crippen molar-refractivity contribution in [3.05, 3.63) is 0 Å². The highest BCUT2D eigenvalue weighted by molar-refractivity contribution is 5.86. The molecule has 0 radical (unpaired) electrons. The van der Waals surface area contributed by atoms with Crippen molar-refractivity contribution < 1.29 is 0 Å². The highest BCUT2D eigenvalue weighted by Crippen LogP contribution is 1.25. The molecule has 0 aliphatic rings. The molecule has 0 spiro atoms. The third kappa shape index (κ3) is 177. The van der Waals surface area contributed by atoms with Gasteiger partial charge in [0.25, 0.3) is 0 Å². The molecule has 9 heteroatoms. The second-order valence-electron chi connectivity index (χ2n) is 1.73. The van der Waals surface area contributed by atoms with Crippen LogP contribution >= 0.6 is 37.2 Å². The van der Waals surface area contributed by atoms with E-state index in [0.29, 0.717) is 39.3 Å². The van der Waals surface area contributed by atoms with Gasteiger partial charge < -0.3 is 34.4 Å². The van der Waals surface area contributed by atoms with Crippen molar-refractivity contribution in [2.45, 2.75) is 0 Å². The number of hydrogen-bond donors (Lipinski definition) is 6. The van der Waals surface area contributed by atoms with E-state index in [1.54, 1.807) is 0 Å². The largest absolute Gasteiger partial charge is 0.329 e. The number of nitrogens with two attached hydrogens (primary N) is 6. The Hall–Kier alpha value is 0.630. The summed E-state index contributed by atoms with van der Waals surface area (Å²) in [6.07, 6.45) is 0. The summed E-state index contributed by atoms with van der Waals surface area (Å²) in [6, 6.07) is 0. The molecule has 0 aromatic carbocycles. The summed E-state index contributed by atoms with van der Waals surface area (Å²) >= 11 is 0. The molecule has 0 bridgehead atoms. The summed E-state index contributed by atoms with van der Waals surface area (Å²) in [5.74, 6) is 0. The van der Waals surface area contributed by atoms with Crippen molar-refractivity contribution in [3.8, 4) is 0 Å². The first kappa shape index (κ1) is 36.1. The fraction of sp³-hybridized carbons (Fsp3) is 1.00. The van der Waals surface area contributed by atoms with Crippen LogP contribution in [-0.4, -0.2) is 39.3 Å². The lowest BCUT2D eigenvalue weighted by Crippen LogP contribution is -2.11. The second kappa shape index (κ2) is 61.8. The summed E-state index contributed by atoms with van der Waals surface area (Å²) < 4.78 is 0. The number of hydrogen-bond acceptors (Lipinski definition) is 6. The monoisotopic (exact) mass is 288 g/mol. The van der Waals surface area contributed by atoms with E-state index in [1.165, 1.54) is 0 Å². The van der Waals surface area contributed by atoms with Gasteiger partial charge in [-0.1, -0.05) is 0 Å². The Morgan fingerprint density at radius 3 is 0.400 bits per heavy atom. The normalized spacial score (nSPS) is 6.00. The van der Waals surface area contributed by atoms with Crippen molar-refractivity contribution in [2.24, 2.45) is 34.4 Å². The maximum Gasteiger partial charge on any atom is 0.00461 e. The van der Waals surface area contributed by atoms with Crippen LogP contribution in [0.4, 0.5) is 0 Å². The van der Waals surface area contributed by atoms with Crippen molar-refractivity contribution in [1.82, 2.24) is 0 Å². The summed E-state index contributed by atoms with van der Waals surface area (Å²) in [7, 11) is 0. The molecule has 0 fully saturated rings. The van der Waals surface area contributed by atoms with Crippen molar-refractivity contribution >= 4 is 37.2 Å². The molecule has 0 rings (SSSR count). The van der Waals surface area contributed by atoms with Gasteiger partial charge in [0.2, 0.25) is 0 Å². The first-order chi connectivity index (χ1) is 5.74. The summed E-state index contributed by atoms with van der Waals surface area (Å²) in [5.41, 5.74) is 29.4. The first-order valence-corrected chi connectivity index (χ1v) is 3.95. The zero-order chi connectivity index (χ0) is 10.2. The van der Waals surface area contributed by atoms with Crippen LogP contribution in [0.15, 0.2) is 0 Å². The Bertz CT molecular complexity index is 38.3. The zero-order valence-corrected chi connectivity index (χ0v) is 11.4. The predicted molar refractivity (Wildman–Crippen MR) is 76.1 cm³/mol. The lowest BCUT2D eigenvalue weighted by atomic mass is 10.7. The van der Waals surface area contributed by atoms with Crippen LogP contribution in [0.5, 0.6) is 0 Å². The van der Waals surface area contributed by atoms with Crippen LogP contribution in [0.2, 0.25) is 0 Å². The average molecular weight is 290 g/mol. The average Bonchev–Trinajstić information content (AvgIpc) is 2.18. The van der Waals surface area contributed by atoms with Gasteiger partial charge in [-0.3, -0.25) is 0 Å². The molecule has 0 heterocycles. The third-order valence-corrected chi connectivity index (χ3v) is 0.500. The Morgan fingerprint density at radius 1 is 0.333 bits per heavy atom. The van der Waals surface area contributed by atoms with E-state index in [-0.39, 0.29) is 37.2 Å². The minimum absolute atomic E-state index is 0. The number of rotatable bonds is 3. The first-order valence-electron chi connectivity index (χ1n) is 3.95. The summed E-state index contributed by atoms with van der Waals surface area (Å²) in [6.45, 7) is 3.58. The molecule has 0 unspecified atom stereocenters. The van der Waals surface area contributed by atoms with Gasteiger partial charge in [-0.25, -0.2) is 0 Å². The Morgan fingerprint density at radius 2 is 0.400 bits per heavy atom. The van der Waals surface area contributed by atoms with E-state index in [4.69, 9.17) is 34.4 Å². The van der Waals surface area contributed by atoms with Crippen molar-refractivity contribution in [2.75, 3.05) is 39.3 Å². The quantitative estimate of drug-likeness (QED) is 0.352. The molecule has 0 aromatic rings. The maximum atomic E-state index is 4.90. The lowest BCUT2D eigenvalue weighted by Gasteiger charge is -1.72. The van der Waals surface area contributed by atoms with Crippen LogP contribution < -0.4 is 34.4 Å². The summed E-state index contributed by atoms with van der Waals surface area (Å²) in [5, 5.41) is 0. The highest BCUT2D eigenvalue weighted by Gasteiger charge is 1.55. The van der Waals surface area contributed by atoms with Crippen molar-refractivity contribution in [3.63, 3.8) is 0 Å². The zero-order valence-electron chi connectivity index (χ0n) is 8.93. The molecule has 0 aliphatic carbocycles. The van der Waals surface area contributed by atoms with Crippen LogP contribution in [0.25, 0.3) is 0 Å². The van der Waals surface area contributed by atoms with Gasteiger partial charge in [0.1, 0.15) is 0 Å². The van der Waals surface area contributed by atoms with E-state index < -0.39 is 0 Å². The van der Waals surface area contributed by atoms with Crippen molar-refractivity contribution in [1.29, 1.82) is 0 Å². The smallest absolute Gasteiger partial charge is 0.00461 e. The minimum Gasteiger partial charge on any atom is -0.329 e. The van der Waals surface area contributed by atoms with E-state index in [1.807, 2.05) is 0 Å². The topological polar surface area (TPSA) is 156 Å². The molecule has 12 N–H and O–H groups in total. The van der Waals surface area contributed by atoms with Gasteiger partial charge in [0, 0.05) is 39.3 Å². The fourth-order valence-corrected chi connectivity index (χ4v) is 0. The molecule has 0 saturated heterocycles. The van der Waals surface area contributed by atoms with E-state index >= 15 is 0 Å². The van der Waals surface area contributed by atoms with E-state index in [9.17, 15) is 0 Å². The van der Waals surface area contributed by atoms with Gasteiger partial charge in [-0.15, -0.1) is 37.2 Å². The third-order valence-electron chi connectivity index (χ3n) is 0.500. The van der Waals surface area contributed by atoms with E-state index in [0.717, 1.165) is 0 Å². The lowest BCUT2D eigenvalue weighted by molar-refractivity contribution is 0.976.